The summed E-state index contributed by atoms with van der Waals surface area (Å²) in [6.45, 7) is 5.13. The van der Waals surface area contributed by atoms with Gasteiger partial charge in [0.25, 0.3) is 0 Å². The third kappa shape index (κ3) is 4.96. The lowest BCUT2D eigenvalue weighted by Gasteiger charge is -2.32. The van der Waals surface area contributed by atoms with E-state index in [1.807, 2.05) is 36.4 Å². The third-order valence-electron chi connectivity index (χ3n) is 6.24. The zero-order chi connectivity index (χ0) is 25.0. The first-order chi connectivity index (χ1) is 18.3. The number of Topliss-reactive ketones (excluding diaryl/α,β-unsaturated/α-hetero) is 1. The highest BCUT2D eigenvalue weighted by atomic mass is 16.6. The molecule has 0 amide bonds. The SMILES string of the molecule is C1COCCO1.O=C1/C(=C/c2cccnc2)Oc2c1ccc1c2CN(c2ccc3c(c2)OCCO3)CO1. The molecule has 3 aromatic rings. The molecule has 9 heteroatoms. The van der Waals surface area contributed by atoms with E-state index in [-0.39, 0.29) is 11.5 Å². The first kappa shape index (κ1) is 23.3. The molecule has 37 heavy (non-hydrogen) atoms. The number of hydrogen-bond acceptors (Lipinski definition) is 9. The third-order valence-corrected chi connectivity index (χ3v) is 6.24. The summed E-state index contributed by atoms with van der Waals surface area (Å²) in [5, 5.41) is 0. The fourth-order valence-corrected chi connectivity index (χ4v) is 4.41. The van der Waals surface area contributed by atoms with Gasteiger partial charge in [-0.25, -0.2) is 0 Å². The van der Waals surface area contributed by atoms with Crippen LogP contribution in [0.25, 0.3) is 6.08 Å². The monoisotopic (exact) mass is 502 g/mol. The highest BCUT2D eigenvalue weighted by molar-refractivity contribution is 6.15. The van der Waals surface area contributed by atoms with Crippen molar-refractivity contribution in [3.05, 3.63) is 77.3 Å². The van der Waals surface area contributed by atoms with Crippen LogP contribution in [0.1, 0.15) is 21.5 Å². The maximum atomic E-state index is 12.9. The molecular formula is C28H26N2O7. The minimum Gasteiger partial charge on any atom is -0.486 e. The first-order valence-electron chi connectivity index (χ1n) is 12.2. The van der Waals surface area contributed by atoms with Crippen molar-refractivity contribution in [1.82, 2.24) is 4.98 Å². The van der Waals surface area contributed by atoms with Crippen LogP contribution < -0.4 is 23.8 Å². The van der Waals surface area contributed by atoms with Gasteiger partial charge in [-0.15, -0.1) is 0 Å². The van der Waals surface area contributed by atoms with E-state index in [9.17, 15) is 4.79 Å². The molecule has 190 valence electrons. The summed E-state index contributed by atoms with van der Waals surface area (Å²) in [5.74, 6) is 2.89. The zero-order valence-corrected chi connectivity index (χ0v) is 20.2. The Hall–Kier alpha value is -4.08. The summed E-state index contributed by atoms with van der Waals surface area (Å²) in [6.07, 6.45) is 5.09. The largest absolute Gasteiger partial charge is 0.486 e. The van der Waals surface area contributed by atoms with Crippen LogP contribution in [0.4, 0.5) is 5.69 Å². The Bertz CT molecular complexity index is 1310. The Morgan fingerprint density at radius 3 is 2.38 bits per heavy atom. The molecule has 0 atom stereocenters. The Balaban J connectivity index is 0.000000372. The van der Waals surface area contributed by atoms with E-state index in [0.717, 1.165) is 60.5 Å². The summed E-state index contributed by atoms with van der Waals surface area (Å²) >= 11 is 0. The van der Waals surface area contributed by atoms with E-state index in [2.05, 4.69) is 9.88 Å². The van der Waals surface area contributed by atoms with E-state index in [1.165, 1.54) is 0 Å². The summed E-state index contributed by atoms with van der Waals surface area (Å²) in [4.78, 5) is 19.1. The zero-order valence-electron chi connectivity index (χ0n) is 20.2. The number of rotatable bonds is 2. The van der Waals surface area contributed by atoms with E-state index in [4.69, 9.17) is 28.4 Å². The van der Waals surface area contributed by atoms with Crippen molar-refractivity contribution in [2.24, 2.45) is 0 Å². The Labute approximate surface area is 214 Å². The number of carbonyl (C=O) groups excluding carboxylic acids is 1. The molecule has 5 heterocycles. The Morgan fingerprint density at radius 1 is 0.838 bits per heavy atom. The van der Waals surface area contributed by atoms with Gasteiger partial charge in [-0.2, -0.15) is 0 Å². The Morgan fingerprint density at radius 2 is 1.62 bits per heavy atom. The topological polar surface area (TPSA) is 88.6 Å². The van der Waals surface area contributed by atoms with E-state index < -0.39 is 0 Å². The lowest BCUT2D eigenvalue weighted by Crippen LogP contribution is -2.32. The molecule has 0 spiro atoms. The predicted octanol–water partition coefficient (Wildman–Crippen LogP) is 3.86. The van der Waals surface area contributed by atoms with Gasteiger partial charge in [0.05, 0.1) is 44.1 Å². The maximum absolute atomic E-state index is 12.9. The molecular weight excluding hydrogens is 476 g/mol. The van der Waals surface area contributed by atoms with Gasteiger partial charge in [0, 0.05) is 24.1 Å². The molecule has 9 nitrogen and oxygen atoms in total. The average molecular weight is 503 g/mol. The molecule has 7 rings (SSSR count). The van der Waals surface area contributed by atoms with Crippen molar-refractivity contribution in [3.63, 3.8) is 0 Å². The van der Waals surface area contributed by atoms with Crippen molar-refractivity contribution in [2.45, 2.75) is 6.54 Å². The lowest BCUT2D eigenvalue weighted by atomic mass is 10.0. The standard InChI is InChI=1S/C24H18N2O5.C4H8O2/c27-23-17-4-6-19-18(24(17)31-22(23)10-15-2-1-7-25-12-15)13-26(14-30-19)16-3-5-20-21(11-16)29-9-8-28-20;1-2-6-4-3-5-1/h1-7,10-12H,8-9,13-14H2;1-4H2/b22-10-;. The number of pyridine rings is 1. The van der Waals surface area contributed by atoms with Crippen molar-refractivity contribution in [3.8, 4) is 23.0 Å². The highest BCUT2D eigenvalue weighted by Crippen LogP contribution is 2.43. The summed E-state index contributed by atoms with van der Waals surface area (Å²) in [7, 11) is 0. The van der Waals surface area contributed by atoms with Gasteiger partial charge in [-0.1, -0.05) is 6.07 Å². The van der Waals surface area contributed by atoms with Crippen LogP contribution >= 0.6 is 0 Å². The van der Waals surface area contributed by atoms with Gasteiger partial charge < -0.3 is 33.3 Å². The van der Waals surface area contributed by atoms with Crippen LogP contribution in [0.5, 0.6) is 23.0 Å². The molecule has 1 aromatic heterocycles. The number of allylic oxidation sites excluding steroid dienone is 1. The fourth-order valence-electron chi connectivity index (χ4n) is 4.41. The number of anilines is 1. The van der Waals surface area contributed by atoms with Crippen LogP contribution in [0.2, 0.25) is 0 Å². The molecule has 1 fully saturated rings. The number of hydrogen-bond donors (Lipinski definition) is 0. The van der Waals surface area contributed by atoms with Gasteiger partial charge in [0.2, 0.25) is 5.78 Å². The maximum Gasteiger partial charge on any atom is 0.231 e. The molecule has 0 N–H and O–H groups in total. The van der Waals surface area contributed by atoms with Crippen molar-refractivity contribution >= 4 is 17.5 Å². The van der Waals surface area contributed by atoms with Crippen LogP contribution in [0, 0.1) is 0 Å². The van der Waals surface area contributed by atoms with Gasteiger partial charge in [-0.05, 0) is 42.0 Å². The van der Waals surface area contributed by atoms with E-state index in [0.29, 0.717) is 37.8 Å². The molecule has 4 aliphatic heterocycles. The van der Waals surface area contributed by atoms with Gasteiger partial charge in [0.1, 0.15) is 24.7 Å². The number of fused-ring (bicyclic) bond motifs is 4. The quantitative estimate of drug-likeness (QED) is 0.485. The number of aromatic nitrogens is 1. The van der Waals surface area contributed by atoms with E-state index in [1.54, 1.807) is 24.5 Å². The smallest absolute Gasteiger partial charge is 0.231 e. The fraction of sp³-hybridized carbons (Fsp3) is 0.286. The van der Waals surface area contributed by atoms with Crippen LogP contribution in [0.15, 0.2) is 60.6 Å². The molecule has 0 radical (unpaired) electrons. The second-order valence-corrected chi connectivity index (χ2v) is 8.67. The molecule has 1 saturated heterocycles. The number of ketones is 1. The Kier molecular flexibility index (Phi) is 6.62. The van der Waals surface area contributed by atoms with Gasteiger partial charge >= 0.3 is 0 Å². The minimum atomic E-state index is -0.141. The number of nitrogens with zero attached hydrogens (tertiary/aromatic N) is 2. The highest BCUT2D eigenvalue weighted by Gasteiger charge is 2.34. The summed E-state index contributed by atoms with van der Waals surface area (Å²) in [5.41, 5.74) is 3.15. The van der Waals surface area contributed by atoms with Gasteiger partial charge in [-0.3, -0.25) is 9.78 Å². The van der Waals surface area contributed by atoms with Crippen molar-refractivity contribution < 1.29 is 33.2 Å². The lowest BCUT2D eigenvalue weighted by molar-refractivity contribution is -0.0334. The summed E-state index contributed by atoms with van der Waals surface area (Å²) in [6, 6.07) is 13.1. The van der Waals surface area contributed by atoms with Crippen LogP contribution in [-0.4, -0.2) is 57.1 Å². The van der Waals surface area contributed by atoms with Crippen molar-refractivity contribution in [1.29, 1.82) is 0 Å². The number of ether oxygens (including phenoxy) is 6. The number of benzene rings is 2. The average Bonchev–Trinajstić information content (AvgIpc) is 3.29. The minimum absolute atomic E-state index is 0.141. The molecule has 4 aliphatic rings. The first-order valence-corrected chi connectivity index (χ1v) is 12.2. The molecule has 0 unspecified atom stereocenters. The molecule has 0 aliphatic carbocycles. The van der Waals surface area contributed by atoms with Crippen LogP contribution in [-0.2, 0) is 16.0 Å². The summed E-state index contributed by atoms with van der Waals surface area (Å²) < 4.78 is 33.2. The second kappa shape index (κ2) is 10.5. The normalized spacial score (nSPS) is 18.6. The van der Waals surface area contributed by atoms with E-state index >= 15 is 0 Å². The number of carbonyl (C=O) groups is 1. The predicted molar refractivity (Wildman–Crippen MR) is 134 cm³/mol. The molecule has 0 saturated carbocycles. The molecule has 2 aromatic carbocycles. The molecule has 0 bridgehead atoms. The second-order valence-electron chi connectivity index (χ2n) is 8.67. The van der Waals surface area contributed by atoms with Crippen molar-refractivity contribution in [2.75, 3.05) is 51.3 Å². The van der Waals surface area contributed by atoms with Gasteiger partial charge in [0.15, 0.2) is 24.0 Å². The van der Waals surface area contributed by atoms with Crippen LogP contribution in [0.3, 0.4) is 0 Å².